The Morgan fingerprint density at radius 3 is 2.44 bits per heavy atom. The van der Waals surface area contributed by atoms with Crippen LogP contribution in [0.1, 0.15) is 29.2 Å². The molecule has 0 unspecified atom stereocenters. The average molecular weight is 351 g/mol. The zero-order valence-corrected chi connectivity index (χ0v) is 13.4. The Labute approximate surface area is 142 Å². The summed E-state index contributed by atoms with van der Waals surface area (Å²) >= 11 is 0. The first kappa shape index (κ1) is 18.5. The maximum Gasteiger partial charge on any atom is 0.416 e. The van der Waals surface area contributed by atoms with Crippen LogP contribution >= 0.6 is 0 Å². The molecule has 7 heteroatoms. The number of carbonyl (C=O) groups is 1. The van der Waals surface area contributed by atoms with Crippen LogP contribution in [0.2, 0.25) is 0 Å². The number of aliphatic carboxylic acids is 1. The summed E-state index contributed by atoms with van der Waals surface area (Å²) < 4.78 is 38.2. The number of benzene rings is 2. The monoisotopic (exact) mass is 351 g/mol. The van der Waals surface area contributed by atoms with E-state index in [0.29, 0.717) is 22.4 Å². The minimum absolute atomic E-state index is 0.0275. The largest absolute Gasteiger partial charge is 0.481 e. The van der Waals surface area contributed by atoms with Crippen molar-refractivity contribution in [3.8, 4) is 0 Å². The van der Waals surface area contributed by atoms with E-state index in [2.05, 4.69) is 5.16 Å². The van der Waals surface area contributed by atoms with Gasteiger partial charge in [0.05, 0.1) is 17.7 Å². The first-order valence-corrected chi connectivity index (χ1v) is 7.40. The molecule has 2 aromatic carbocycles. The van der Waals surface area contributed by atoms with Crippen molar-refractivity contribution in [3.63, 3.8) is 0 Å². The van der Waals surface area contributed by atoms with Gasteiger partial charge in [-0.1, -0.05) is 41.6 Å². The van der Waals surface area contributed by atoms with Gasteiger partial charge in [0.2, 0.25) is 0 Å². The molecule has 132 valence electrons. The summed E-state index contributed by atoms with van der Waals surface area (Å²) in [5.74, 6) is -0.962. The molecule has 0 saturated heterocycles. The molecular formula is C18H16F3NO3. The van der Waals surface area contributed by atoms with Crippen LogP contribution in [0, 0.1) is 0 Å². The van der Waals surface area contributed by atoms with E-state index in [1.54, 1.807) is 31.2 Å². The zero-order chi connectivity index (χ0) is 18.4. The fraction of sp³-hybridized carbons (Fsp3) is 0.222. The summed E-state index contributed by atoms with van der Waals surface area (Å²) in [5, 5.41) is 12.7. The smallest absolute Gasteiger partial charge is 0.416 e. The molecule has 0 aliphatic heterocycles. The summed E-state index contributed by atoms with van der Waals surface area (Å²) in [6.45, 7) is 1.57. The fourth-order valence-corrected chi connectivity index (χ4v) is 2.21. The molecule has 0 fully saturated rings. The summed E-state index contributed by atoms with van der Waals surface area (Å²) in [4.78, 5) is 16.0. The predicted molar refractivity (Wildman–Crippen MR) is 86.2 cm³/mol. The first-order chi connectivity index (χ1) is 11.8. The van der Waals surface area contributed by atoms with Crippen LogP contribution in [0.3, 0.4) is 0 Å². The van der Waals surface area contributed by atoms with E-state index in [-0.39, 0.29) is 13.0 Å². The lowest BCUT2D eigenvalue weighted by atomic mass is 10.1. The lowest BCUT2D eigenvalue weighted by molar-refractivity contribution is -0.138. The van der Waals surface area contributed by atoms with Crippen LogP contribution < -0.4 is 0 Å². The highest BCUT2D eigenvalue weighted by Gasteiger charge is 2.30. The number of oxime groups is 1. The minimum Gasteiger partial charge on any atom is -0.481 e. The van der Waals surface area contributed by atoms with Crippen LogP contribution in [-0.2, 0) is 28.8 Å². The number of alkyl halides is 3. The molecule has 2 rings (SSSR count). The van der Waals surface area contributed by atoms with E-state index in [1.807, 2.05) is 0 Å². The third-order valence-electron chi connectivity index (χ3n) is 3.49. The Morgan fingerprint density at radius 2 is 1.80 bits per heavy atom. The summed E-state index contributed by atoms with van der Waals surface area (Å²) in [5.41, 5.74) is 1.09. The van der Waals surface area contributed by atoms with Gasteiger partial charge in [-0.3, -0.25) is 4.79 Å². The maximum absolute atomic E-state index is 12.7. The summed E-state index contributed by atoms with van der Waals surface area (Å²) in [6, 6.07) is 11.7. The molecule has 4 nitrogen and oxygen atoms in total. The number of halogens is 3. The standard InChI is InChI=1S/C18H16F3NO3/c1-12(13-7-4-8-16(9-13)18(19,20)21)22-25-11-15-6-3-2-5-14(15)10-17(23)24/h2-9H,10-11H2,1H3,(H,23,24). The number of carboxylic acid groups (broad SMARTS) is 1. The molecular weight excluding hydrogens is 335 g/mol. The van der Waals surface area contributed by atoms with Gasteiger partial charge in [-0.2, -0.15) is 13.2 Å². The quantitative estimate of drug-likeness (QED) is 0.624. The Hall–Kier alpha value is -2.83. The van der Waals surface area contributed by atoms with Gasteiger partial charge >= 0.3 is 12.1 Å². The van der Waals surface area contributed by atoms with Crippen molar-refractivity contribution in [2.24, 2.45) is 5.16 Å². The molecule has 0 aliphatic carbocycles. The SMILES string of the molecule is CC(=NOCc1ccccc1CC(=O)O)c1cccc(C(F)(F)F)c1. The molecule has 0 radical (unpaired) electrons. The van der Waals surface area contributed by atoms with E-state index in [4.69, 9.17) is 9.94 Å². The molecule has 0 aromatic heterocycles. The lowest BCUT2D eigenvalue weighted by Gasteiger charge is -2.09. The highest BCUT2D eigenvalue weighted by Crippen LogP contribution is 2.29. The number of rotatable bonds is 6. The van der Waals surface area contributed by atoms with Crippen molar-refractivity contribution < 1.29 is 27.9 Å². The van der Waals surface area contributed by atoms with Crippen LogP contribution in [0.25, 0.3) is 0 Å². The highest BCUT2D eigenvalue weighted by atomic mass is 19.4. The highest BCUT2D eigenvalue weighted by molar-refractivity contribution is 5.98. The molecule has 0 aliphatic rings. The molecule has 0 amide bonds. The van der Waals surface area contributed by atoms with Gasteiger partial charge in [0.1, 0.15) is 6.61 Å². The second-order valence-electron chi connectivity index (χ2n) is 5.37. The zero-order valence-electron chi connectivity index (χ0n) is 13.4. The van der Waals surface area contributed by atoms with Crippen molar-refractivity contribution in [1.29, 1.82) is 0 Å². The maximum atomic E-state index is 12.7. The van der Waals surface area contributed by atoms with Crippen LogP contribution in [0.5, 0.6) is 0 Å². The van der Waals surface area contributed by atoms with Crippen molar-refractivity contribution in [2.75, 3.05) is 0 Å². The van der Waals surface area contributed by atoms with Gasteiger partial charge in [-0.25, -0.2) is 0 Å². The van der Waals surface area contributed by atoms with Crippen molar-refractivity contribution in [2.45, 2.75) is 26.1 Å². The normalized spacial score (nSPS) is 12.1. The van der Waals surface area contributed by atoms with E-state index in [1.165, 1.54) is 12.1 Å². The van der Waals surface area contributed by atoms with E-state index < -0.39 is 17.7 Å². The topological polar surface area (TPSA) is 58.9 Å². The minimum atomic E-state index is -4.42. The van der Waals surface area contributed by atoms with Gasteiger partial charge in [0, 0.05) is 0 Å². The molecule has 1 N–H and O–H groups in total. The Bertz CT molecular complexity index is 785. The Balaban J connectivity index is 2.09. The second-order valence-corrected chi connectivity index (χ2v) is 5.37. The number of carboxylic acids is 1. The van der Waals surface area contributed by atoms with E-state index in [9.17, 15) is 18.0 Å². The molecule has 2 aromatic rings. The van der Waals surface area contributed by atoms with Gasteiger partial charge in [0.25, 0.3) is 0 Å². The molecule has 25 heavy (non-hydrogen) atoms. The Kier molecular flexibility index (Phi) is 5.80. The van der Waals surface area contributed by atoms with E-state index in [0.717, 1.165) is 12.1 Å². The van der Waals surface area contributed by atoms with Gasteiger partial charge in [-0.05, 0) is 35.7 Å². The third kappa shape index (κ3) is 5.34. The first-order valence-electron chi connectivity index (χ1n) is 7.40. The molecule has 0 atom stereocenters. The van der Waals surface area contributed by atoms with Gasteiger partial charge < -0.3 is 9.94 Å². The number of hydrogen-bond donors (Lipinski definition) is 1. The summed E-state index contributed by atoms with van der Waals surface area (Å²) in [7, 11) is 0. The van der Waals surface area contributed by atoms with E-state index >= 15 is 0 Å². The Morgan fingerprint density at radius 1 is 1.12 bits per heavy atom. The fourth-order valence-electron chi connectivity index (χ4n) is 2.21. The van der Waals surface area contributed by atoms with Crippen molar-refractivity contribution >= 4 is 11.7 Å². The number of hydrogen-bond acceptors (Lipinski definition) is 3. The van der Waals surface area contributed by atoms with Crippen molar-refractivity contribution in [1.82, 2.24) is 0 Å². The molecule has 0 heterocycles. The van der Waals surface area contributed by atoms with Crippen LogP contribution in [0.15, 0.2) is 53.7 Å². The summed E-state index contributed by atoms with van der Waals surface area (Å²) in [6.07, 6.45) is -4.57. The molecule has 0 saturated carbocycles. The predicted octanol–water partition coefficient (Wildman–Crippen LogP) is 4.27. The molecule has 0 spiro atoms. The van der Waals surface area contributed by atoms with Gasteiger partial charge in [0.15, 0.2) is 0 Å². The average Bonchev–Trinajstić information content (AvgIpc) is 2.55. The van der Waals surface area contributed by atoms with Gasteiger partial charge in [-0.15, -0.1) is 0 Å². The third-order valence-corrected chi connectivity index (χ3v) is 3.49. The lowest BCUT2D eigenvalue weighted by Crippen LogP contribution is -2.07. The van der Waals surface area contributed by atoms with Crippen LogP contribution in [-0.4, -0.2) is 16.8 Å². The number of nitrogens with zero attached hydrogens (tertiary/aromatic N) is 1. The van der Waals surface area contributed by atoms with Crippen molar-refractivity contribution in [3.05, 3.63) is 70.8 Å². The molecule has 0 bridgehead atoms. The van der Waals surface area contributed by atoms with Crippen LogP contribution in [0.4, 0.5) is 13.2 Å². The second kappa shape index (κ2) is 7.83.